The maximum Gasteiger partial charge on any atom is 0.271 e. The molecule has 190 valence electrons. The maximum absolute atomic E-state index is 12.9. The average Bonchev–Trinajstić information content (AvgIpc) is 3.38. The van der Waals surface area contributed by atoms with Gasteiger partial charge in [0.2, 0.25) is 0 Å². The van der Waals surface area contributed by atoms with Crippen LogP contribution in [0.15, 0.2) is 53.9 Å². The van der Waals surface area contributed by atoms with E-state index in [4.69, 9.17) is 4.74 Å². The third-order valence-electron chi connectivity index (χ3n) is 6.60. The highest BCUT2D eigenvalue weighted by molar-refractivity contribution is 7.09. The van der Waals surface area contributed by atoms with Gasteiger partial charge in [0.15, 0.2) is 0 Å². The molecule has 6 nitrogen and oxygen atoms in total. The van der Waals surface area contributed by atoms with Gasteiger partial charge in [0.1, 0.15) is 23.1 Å². The summed E-state index contributed by atoms with van der Waals surface area (Å²) in [5.41, 5.74) is 3.47. The molecule has 2 N–H and O–H groups in total. The van der Waals surface area contributed by atoms with E-state index in [0.717, 1.165) is 55.7 Å². The molecular weight excluding hydrogens is 470 g/mol. The van der Waals surface area contributed by atoms with E-state index >= 15 is 0 Å². The van der Waals surface area contributed by atoms with Crippen molar-refractivity contribution in [3.8, 4) is 5.75 Å². The van der Waals surface area contributed by atoms with E-state index < -0.39 is 0 Å². The van der Waals surface area contributed by atoms with E-state index in [-0.39, 0.29) is 23.9 Å². The van der Waals surface area contributed by atoms with Crippen molar-refractivity contribution in [1.82, 2.24) is 15.6 Å². The third kappa shape index (κ3) is 7.17. The average molecular weight is 506 g/mol. The highest BCUT2D eigenvalue weighted by Crippen LogP contribution is 2.21. The van der Waals surface area contributed by atoms with Gasteiger partial charge < -0.3 is 15.4 Å². The minimum absolute atomic E-state index is 0.0904. The molecule has 1 heterocycles. The highest BCUT2D eigenvalue weighted by Gasteiger charge is 2.29. The smallest absolute Gasteiger partial charge is 0.271 e. The Morgan fingerprint density at radius 1 is 0.972 bits per heavy atom. The number of amides is 2. The number of thiazole rings is 1. The molecule has 1 aromatic heterocycles. The van der Waals surface area contributed by atoms with Crippen LogP contribution >= 0.6 is 11.3 Å². The molecule has 0 spiro atoms. The second kappa shape index (κ2) is 12.7. The number of carbonyl (C=O) groups excluding carboxylic acids is 2. The molecule has 0 bridgehead atoms. The fourth-order valence-electron chi connectivity index (χ4n) is 4.44. The van der Waals surface area contributed by atoms with Gasteiger partial charge in [-0.25, -0.2) is 4.98 Å². The Bertz CT molecular complexity index is 1140. The van der Waals surface area contributed by atoms with Crippen molar-refractivity contribution < 1.29 is 14.3 Å². The summed E-state index contributed by atoms with van der Waals surface area (Å²) in [6.45, 7) is 4.53. The van der Waals surface area contributed by atoms with Gasteiger partial charge >= 0.3 is 0 Å². The van der Waals surface area contributed by atoms with Crippen LogP contribution in [0, 0.1) is 6.92 Å². The van der Waals surface area contributed by atoms with E-state index in [1.807, 2.05) is 55.5 Å². The first-order valence-corrected chi connectivity index (χ1v) is 13.7. The number of carbonyl (C=O) groups is 2. The highest BCUT2D eigenvalue weighted by atomic mass is 32.1. The monoisotopic (exact) mass is 505 g/mol. The summed E-state index contributed by atoms with van der Waals surface area (Å²) in [5.74, 6) is 0.477. The molecule has 1 saturated carbocycles. The number of nitrogens with zero attached hydrogens (tertiary/aromatic N) is 1. The standard InChI is InChI=1S/C29H35N3O3S/c1-3-4-7-21-12-14-22(15-13-21)28(33)31-24-8-5-6-9-25(24)32-29(34)26-19-36-27(30-26)18-35-23-16-10-20(2)11-17-23/h10-17,19,24-25H,3-9,18H2,1-2H3,(H,31,33)(H,32,34)/t24-,25+/m1/s1. The van der Waals surface area contributed by atoms with Crippen molar-refractivity contribution in [1.29, 1.82) is 0 Å². The van der Waals surface area contributed by atoms with E-state index in [0.29, 0.717) is 17.9 Å². The molecule has 1 aliphatic rings. The Morgan fingerprint density at radius 3 is 2.31 bits per heavy atom. The van der Waals surface area contributed by atoms with Crippen molar-refractivity contribution in [3.05, 3.63) is 81.3 Å². The number of benzene rings is 2. The number of unbranched alkanes of at least 4 members (excludes halogenated alkanes) is 1. The first-order chi connectivity index (χ1) is 17.5. The third-order valence-corrected chi connectivity index (χ3v) is 7.42. The predicted octanol–water partition coefficient (Wildman–Crippen LogP) is 5.84. The van der Waals surface area contributed by atoms with Gasteiger partial charge in [-0.05, 0) is 62.4 Å². The van der Waals surface area contributed by atoms with Gasteiger partial charge in [0.25, 0.3) is 11.8 Å². The van der Waals surface area contributed by atoms with Gasteiger partial charge in [-0.15, -0.1) is 11.3 Å². The van der Waals surface area contributed by atoms with Crippen LogP contribution in [-0.2, 0) is 13.0 Å². The topological polar surface area (TPSA) is 80.3 Å². The zero-order chi connectivity index (χ0) is 25.3. The van der Waals surface area contributed by atoms with Crippen molar-refractivity contribution in [3.63, 3.8) is 0 Å². The van der Waals surface area contributed by atoms with Crippen LogP contribution in [0.3, 0.4) is 0 Å². The van der Waals surface area contributed by atoms with Crippen molar-refractivity contribution in [2.45, 2.75) is 77.5 Å². The van der Waals surface area contributed by atoms with Gasteiger partial charge in [-0.1, -0.05) is 56.0 Å². The summed E-state index contributed by atoms with van der Waals surface area (Å²) in [6, 6.07) is 15.5. The summed E-state index contributed by atoms with van der Waals surface area (Å²) in [6.07, 6.45) is 7.07. The van der Waals surface area contributed by atoms with Crippen LogP contribution in [0.2, 0.25) is 0 Å². The lowest BCUT2D eigenvalue weighted by atomic mass is 9.90. The fraction of sp³-hybridized carbons (Fsp3) is 0.414. The van der Waals surface area contributed by atoms with Crippen LogP contribution < -0.4 is 15.4 Å². The number of aryl methyl sites for hydroxylation is 2. The Kier molecular flexibility index (Phi) is 9.11. The maximum atomic E-state index is 12.9. The fourth-order valence-corrected chi connectivity index (χ4v) is 5.12. The van der Waals surface area contributed by atoms with E-state index in [1.165, 1.54) is 22.5 Å². The summed E-state index contributed by atoms with van der Waals surface area (Å²) in [4.78, 5) is 30.3. The van der Waals surface area contributed by atoms with Crippen molar-refractivity contribution >= 4 is 23.2 Å². The van der Waals surface area contributed by atoms with Gasteiger partial charge in [-0.3, -0.25) is 9.59 Å². The molecule has 2 atom stereocenters. The molecule has 4 rings (SSSR count). The number of ether oxygens (including phenoxy) is 1. The number of aromatic nitrogens is 1. The molecule has 0 unspecified atom stereocenters. The molecule has 1 aliphatic carbocycles. The van der Waals surface area contributed by atoms with E-state index in [9.17, 15) is 9.59 Å². The number of rotatable bonds is 10. The number of nitrogens with one attached hydrogen (secondary N) is 2. The van der Waals surface area contributed by atoms with Crippen LogP contribution in [0.5, 0.6) is 5.75 Å². The molecule has 0 radical (unpaired) electrons. The minimum Gasteiger partial charge on any atom is -0.486 e. The normalized spacial score (nSPS) is 17.4. The second-order valence-electron chi connectivity index (χ2n) is 9.47. The van der Waals surface area contributed by atoms with E-state index in [1.54, 1.807) is 5.38 Å². The predicted molar refractivity (Wildman–Crippen MR) is 144 cm³/mol. The lowest BCUT2D eigenvalue weighted by molar-refractivity contribution is 0.0860. The molecular formula is C29H35N3O3S. The molecule has 0 saturated heterocycles. The summed E-state index contributed by atoms with van der Waals surface area (Å²) >= 11 is 1.41. The van der Waals surface area contributed by atoms with Gasteiger partial charge in [0.05, 0.1) is 0 Å². The SMILES string of the molecule is CCCCc1ccc(C(=O)N[C@@H]2CCCC[C@@H]2NC(=O)c2csc(COc3ccc(C)cc3)n2)cc1. The molecule has 3 aromatic rings. The van der Waals surface area contributed by atoms with Crippen molar-refractivity contribution in [2.24, 2.45) is 0 Å². The van der Waals surface area contributed by atoms with Crippen LogP contribution in [0.4, 0.5) is 0 Å². The molecule has 0 aliphatic heterocycles. The Morgan fingerprint density at radius 2 is 1.64 bits per heavy atom. The van der Waals surface area contributed by atoms with E-state index in [2.05, 4.69) is 22.5 Å². The zero-order valence-electron chi connectivity index (χ0n) is 21.1. The van der Waals surface area contributed by atoms with Gasteiger partial charge in [0, 0.05) is 23.0 Å². The second-order valence-corrected chi connectivity index (χ2v) is 10.4. The summed E-state index contributed by atoms with van der Waals surface area (Å²) in [5, 5.41) is 8.79. The van der Waals surface area contributed by atoms with Crippen LogP contribution in [-0.4, -0.2) is 28.9 Å². The quantitative estimate of drug-likeness (QED) is 0.363. The lowest BCUT2D eigenvalue weighted by Crippen LogP contribution is -2.53. The first kappa shape index (κ1) is 25.9. The minimum atomic E-state index is -0.209. The van der Waals surface area contributed by atoms with Crippen molar-refractivity contribution in [2.75, 3.05) is 0 Å². The molecule has 2 amide bonds. The Hall–Kier alpha value is -3.19. The molecule has 1 fully saturated rings. The van der Waals surface area contributed by atoms with Crippen LogP contribution in [0.25, 0.3) is 0 Å². The summed E-state index contributed by atoms with van der Waals surface area (Å²) < 4.78 is 5.79. The lowest BCUT2D eigenvalue weighted by Gasteiger charge is -2.32. The van der Waals surface area contributed by atoms with Gasteiger partial charge in [-0.2, -0.15) is 0 Å². The summed E-state index contributed by atoms with van der Waals surface area (Å²) in [7, 11) is 0. The number of hydrogen-bond acceptors (Lipinski definition) is 5. The van der Waals surface area contributed by atoms with Crippen LogP contribution in [0.1, 0.15) is 82.4 Å². The molecule has 36 heavy (non-hydrogen) atoms. The zero-order valence-corrected chi connectivity index (χ0v) is 21.9. The number of hydrogen-bond donors (Lipinski definition) is 2. The first-order valence-electron chi connectivity index (χ1n) is 12.9. The Labute approximate surface area is 217 Å². The molecule has 2 aromatic carbocycles. The largest absolute Gasteiger partial charge is 0.486 e. The molecule has 7 heteroatoms. The Balaban J connectivity index is 1.31.